The fourth-order valence-corrected chi connectivity index (χ4v) is 4.55. The van der Waals surface area contributed by atoms with Gasteiger partial charge in [0.25, 0.3) is 5.56 Å². The molecule has 8 nitrogen and oxygen atoms in total. The molecule has 5 rings (SSSR count). The van der Waals surface area contributed by atoms with Crippen LogP contribution in [0.2, 0.25) is 0 Å². The molecule has 0 spiro atoms. The number of fused-ring (bicyclic) bond motifs is 1. The summed E-state index contributed by atoms with van der Waals surface area (Å²) in [4.78, 5) is 29.2. The predicted molar refractivity (Wildman–Crippen MR) is 143 cm³/mol. The van der Waals surface area contributed by atoms with Crippen LogP contribution in [0.5, 0.6) is 0 Å². The second-order valence-electron chi connectivity index (χ2n) is 9.64. The molecule has 40 heavy (non-hydrogen) atoms. The first kappa shape index (κ1) is 26.9. The molecule has 0 amide bonds. The zero-order valence-corrected chi connectivity index (χ0v) is 21.5. The second-order valence-corrected chi connectivity index (χ2v) is 9.64. The van der Waals surface area contributed by atoms with Gasteiger partial charge in [0.15, 0.2) is 5.76 Å². The first-order chi connectivity index (χ1) is 19.1. The number of hydrogen-bond acceptors (Lipinski definition) is 6. The quantitative estimate of drug-likeness (QED) is 0.239. The molecule has 0 saturated heterocycles. The Hall–Kier alpha value is -4.70. The Morgan fingerprint density at radius 1 is 1.00 bits per heavy atom. The molecular weight excluding hydrogens is 520 g/mol. The first-order valence-electron chi connectivity index (χ1n) is 12.6. The minimum Gasteiger partial charge on any atom is -0.481 e. The van der Waals surface area contributed by atoms with Crippen LogP contribution in [-0.4, -0.2) is 30.9 Å². The number of aryl methyl sites for hydroxylation is 1. The van der Waals surface area contributed by atoms with Gasteiger partial charge in [0.2, 0.25) is 0 Å². The summed E-state index contributed by atoms with van der Waals surface area (Å²) in [5.74, 6) is -1.34. The van der Waals surface area contributed by atoms with Crippen LogP contribution in [0.25, 0.3) is 27.8 Å². The Kier molecular flexibility index (Phi) is 7.27. The van der Waals surface area contributed by atoms with Crippen molar-refractivity contribution in [3.8, 4) is 16.9 Å². The Labute approximate surface area is 227 Å². The molecule has 3 aromatic carbocycles. The summed E-state index contributed by atoms with van der Waals surface area (Å²) in [5.41, 5.74) is 0.0702. The summed E-state index contributed by atoms with van der Waals surface area (Å²) < 4.78 is 34.2. The molecule has 0 bridgehead atoms. The Bertz CT molecular complexity index is 1760. The fourth-order valence-electron chi connectivity index (χ4n) is 4.55. The fraction of sp³-hybridized carbons (Fsp3) is 0.200. The Morgan fingerprint density at radius 2 is 1.77 bits per heavy atom. The average molecular weight is 546 g/mol. The standard InChI is InChI=1S/C30H25F2N3O5/c1-30(39,19-5-4-6-21(32)16-19)26-17-24(34-40-26)18-9-14-23-25(15-18)33-27(7-2-3-8-28(36)37)35(29(23)38)22-12-10-20(31)11-13-22/h4-6,9-17,39H,2-3,7-8H2,1H3,(H,36,37). The highest BCUT2D eigenvalue weighted by Crippen LogP contribution is 2.33. The molecule has 0 aliphatic carbocycles. The van der Waals surface area contributed by atoms with E-state index in [-0.39, 0.29) is 17.7 Å². The van der Waals surface area contributed by atoms with Gasteiger partial charge in [-0.2, -0.15) is 0 Å². The van der Waals surface area contributed by atoms with E-state index in [1.54, 1.807) is 30.3 Å². The van der Waals surface area contributed by atoms with Crippen LogP contribution >= 0.6 is 0 Å². The van der Waals surface area contributed by atoms with Crippen LogP contribution in [0, 0.1) is 11.6 Å². The molecule has 1 unspecified atom stereocenters. The monoisotopic (exact) mass is 545 g/mol. The third-order valence-electron chi connectivity index (χ3n) is 6.74. The average Bonchev–Trinajstić information content (AvgIpc) is 3.43. The summed E-state index contributed by atoms with van der Waals surface area (Å²) in [6.07, 6.45) is 1.20. The highest BCUT2D eigenvalue weighted by atomic mass is 19.1. The number of carbonyl (C=O) groups is 1. The van der Waals surface area contributed by atoms with Crippen LogP contribution < -0.4 is 5.56 Å². The van der Waals surface area contributed by atoms with E-state index in [9.17, 15) is 23.5 Å². The van der Waals surface area contributed by atoms with Gasteiger partial charge < -0.3 is 14.7 Å². The van der Waals surface area contributed by atoms with Gasteiger partial charge in [-0.15, -0.1) is 0 Å². The van der Waals surface area contributed by atoms with Gasteiger partial charge in [0.05, 0.1) is 16.6 Å². The molecule has 10 heteroatoms. The number of aliphatic carboxylic acids is 1. The highest BCUT2D eigenvalue weighted by Gasteiger charge is 2.31. The largest absolute Gasteiger partial charge is 0.481 e. The summed E-state index contributed by atoms with van der Waals surface area (Å²) in [7, 11) is 0. The van der Waals surface area contributed by atoms with Crippen molar-refractivity contribution in [3.63, 3.8) is 0 Å². The van der Waals surface area contributed by atoms with Crippen molar-refractivity contribution in [2.45, 2.75) is 38.2 Å². The summed E-state index contributed by atoms with van der Waals surface area (Å²) in [6.45, 7) is 1.47. The van der Waals surface area contributed by atoms with Crippen molar-refractivity contribution in [3.05, 3.63) is 112 Å². The molecule has 0 aliphatic heterocycles. The smallest absolute Gasteiger partial charge is 0.303 e. The lowest BCUT2D eigenvalue weighted by Crippen LogP contribution is -2.24. The van der Waals surface area contributed by atoms with E-state index in [4.69, 9.17) is 14.6 Å². The summed E-state index contributed by atoms with van der Waals surface area (Å²) in [5, 5.41) is 24.4. The lowest BCUT2D eigenvalue weighted by molar-refractivity contribution is -0.137. The van der Waals surface area contributed by atoms with Gasteiger partial charge in [0.1, 0.15) is 28.8 Å². The van der Waals surface area contributed by atoms with E-state index < -0.39 is 23.2 Å². The van der Waals surface area contributed by atoms with Crippen molar-refractivity contribution in [2.75, 3.05) is 0 Å². The van der Waals surface area contributed by atoms with Gasteiger partial charge in [-0.1, -0.05) is 23.4 Å². The molecule has 2 heterocycles. The summed E-state index contributed by atoms with van der Waals surface area (Å²) >= 11 is 0. The number of aromatic nitrogens is 3. The number of carboxylic acids is 1. The normalized spacial score (nSPS) is 12.9. The zero-order chi connectivity index (χ0) is 28.4. The van der Waals surface area contributed by atoms with Crippen LogP contribution in [0.3, 0.4) is 0 Å². The number of benzene rings is 3. The lowest BCUT2D eigenvalue weighted by atomic mass is 9.93. The van der Waals surface area contributed by atoms with E-state index >= 15 is 0 Å². The minimum absolute atomic E-state index is 0.00754. The minimum atomic E-state index is -1.64. The van der Waals surface area contributed by atoms with Gasteiger partial charge in [-0.25, -0.2) is 13.8 Å². The zero-order valence-electron chi connectivity index (χ0n) is 21.5. The molecule has 0 saturated carbocycles. The van der Waals surface area contributed by atoms with Gasteiger partial charge in [0, 0.05) is 24.5 Å². The number of hydrogen-bond donors (Lipinski definition) is 2. The molecule has 0 fully saturated rings. The Morgan fingerprint density at radius 3 is 2.50 bits per heavy atom. The van der Waals surface area contributed by atoms with Crippen LogP contribution in [0.4, 0.5) is 8.78 Å². The van der Waals surface area contributed by atoms with Crippen LogP contribution in [0.15, 0.2) is 82.1 Å². The first-order valence-corrected chi connectivity index (χ1v) is 12.6. The van der Waals surface area contributed by atoms with Gasteiger partial charge >= 0.3 is 5.97 Å². The maximum Gasteiger partial charge on any atom is 0.303 e. The van der Waals surface area contributed by atoms with E-state index in [1.807, 2.05) is 0 Å². The number of halogens is 2. The number of aliphatic hydroxyl groups is 1. The van der Waals surface area contributed by atoms with E-state index in [2.05, 4.69) is 5.16 Å². The van der Waals surface area contributed by atoms with Crippen molar-refractivity contribution in [1.29, 1.82) is 0 Å². The number of unbranched alkanes of at least 4 members (excludes halogenated alkanes) is 1. The molecule has 204 valence electrons. The van der Waals surface area contributed by atoms with E-state index in [1.165, 1.54) is 54.0 Å². The van der Waals surface area contributed by atoms with Crippen molar-refractivity contribution < 1.29 is 28.3 Å². The SMILES string of the molecule is CC(O)(c1cccc(F)c1)c1cc(-c2ccc3c(=O)n(-c4ccc(F)cc4)c(CCCCC(=O)O)nc3c2)no1. The number of rotatable bonds is 9. The molecular formula is C30H25F2N3O5. The predicted octanol–water partition coefficient (Wildman–Crippen LogP) is 5.37. The van der Waals surface area contributed by atoms with Crippen LogP contribution in [0.1, 0.15) is 43.3 Å². The number of carboxylic acid groups (broad SMARTS) is 1. The molecule has 2 N–H and O–H groups in total. The highest BCUT2D eigenvalue weighted by molar-refractivity contribution is 5.83. The van der Waals surface area contributed by atoms with E-state index in [0.29, 0.717) is 58.5 Å². The topological polar surface area (TPSA) is 118 Å². The van der Waals surface area contributed by atoms with Gasteiger partial charge in [-0.05, 0) is 73.9 Å². The summed E-state index contributed by atoms with van der Waals surface area (Å²) in [6, 6.07) is 17.5. The third-order valence-corrected chi connectivity index (χ3v) is 6.74. The maximum atomic E-state index is 13.8. The lowest BCUT2D eigenvalue weighted by Gasteiger charge is -2.20. The molecule has 0 aliphatic rings. The molecule has 1 atom stereocenters. The molecule has 0 radical (unpaired) electrons. The maximum absolute atomic E-state index is 13.8. The van der Waals surface area contributed by atoms with E-state index in [0.717, 1.165) is 0 Å². The molecule has 2 aromatic heterocycles. The van der Waals surface area contributed by atoms with Crippen LogP contribution in [-0.2, 0) is 16.8 Å². The molecule has 5 aromatic rings. The van der Waals surface area contributed by atoms with Crippen molar-refractivity contribution in [1.82, 2.24) is 14.7 Å². The third kappa shape index (κ3) is 5.39. The van der Waals surface area contributed by atoms with Gasteiger partial charge in [-0.3, -0.25) is 14.2 Å². The van der Waals surface area contributed by atoms with Crippen molar-refractivity contribution >= 4 is 16.9 Å². The second kappa shape index (κ2) is 10.8. The number of nitrogens with zero attached hydrogens (tertiary/aromatic N) is 3. The Balaban J connectivity index is 1.54. The van der Waals surface area contributed by atoms with Crippen molar-refractivity contribution in [2.24, 2.45) is 0 Å².